The SMILES string of the molecule is CCOc1ccc2nc(N(CCN(CC)CC)C(=O)c3ccc(S(=O)(=O)N4CCCc5ccccc54)cc3)sc2c1.Cl. The monoisotopic (exact) mass is 628 g/mol. The molecule has 0 saturated carbocycles. The number of aromatic nitrogens is 1. The number of ether oxygens (including phenoxy) is 1. The molecule has 8 nitrogen and oxygen atoms in total. The Labute approximate surface area is 258 Å². The molecule has 11 heteroatoms. The molecular weight excluding hydrogens is 592 g/mol. The normalized spacial score (nSPS) is 13.1. The molecule has 0 fully saturated rings. The largest absolute Gasteiger partial charge is 0.494 e. The number of likely N-dealkylation sites (N-methyl/N-ethyl adjacent to an activating group) is 1. The molecule has 0 N–H and O–H groups in total. The highest BCUT2D eigenvalue weighted by Crippen LogP contribution is 2.34. The van der Waals surface area contributed by atoms with Crippen LogP contribution in [-0.4, -0.2) is 63.5 Å². The van der Waals surface area contributed by atoms with Crippen molar-refractivity contribution in [1.82, 2.24) is 9.88 Å². The van der Waals surface area contributed by atoms with Gasteiger partial charge in [-0.3, -0.25) is 14.0 Å². The Kier molecular flexibility index (Phi) is 10.5. The van der Waals surface area contributed by atoms with Crippen LogP contribution in [0.5, 0.6) is 5.75 Å². The number of hydrogen-bond acceptors (Lipinski definition) is 7. The lowest BCUT2D eigenvalue weighted by molar-refractivity contribution is 0.0983. The fourth-order valence-corrected chi connectivity index (χ4v) is 7.69. The first-order valence-corrected chi connectivity index (χ1v) is 16.4. The number of carbonyl (C=O) groups is 1. The number of sulfonamides is 1. The van der Waals surface area contributed by atoms with Gasteiger partial charge < -0.3 is 9.64 Å². The van der Waals surface area contributed by atoms with Crippen LogP contribution in [0.4, 0.5) is 10.8 Å². The third kappa shape index (κ3) is 6.57. The quantitative estimate of drug-likeness (QED) is 0.195. The molecule has 0 bridgehead atoms. The summed E-state index contributed by atoms with van der Waals surface area (Å²) >= 11 is 1.45. The van der Waals surface area contributed by atoms with Gasteiger partial charge in [-0.15, -0.1) is 12.4 Å². The summed E-state index contributed by atoms with van der Waals surface area (Å²) in [7, 11) is -3.77. The maximum absolute atomic E-state index is 13.9. The highest BCUT2D eigenvalue weighted by Gasteiger charge is 2.29. The zero-order valence-corrected chi connectivity index (χ0v) is 26.6. The Morgan fingerprint density at radius 3 is 2.45 bits per heavy atom. The van der Waals surface area contributed by atoms with E-state index >= 15 is 0 Å². The topological polar surface area (TPSA) is 83.0 Å². The van der Waals surface area contributed by atoms with Crippen molar-refractivity contribution in [2.45, 2.75) is 38.5 Å². The number of rotatable bonds is 11. The van der Waals surface area contributed by atoms with Gasteiger partial charge in [0.2, 0.25) is 0 Å². The van der Waals surface area contributed by atoms with E-state index in [0.717, 1.165) is 53.1 Å². The van der Waals surface area contributed by atoms with E-state index in [1.807, 2.05) is 49.4 Å². The summed E-state index contributed by atoms with van der Waals surface area (Å²) in [6, 6.07) is 19.7. The molecule has 224 valence electrons. The molecule has 1 aliphatic heterocycles. The fraction of sp³-hybridized carbons (Fsp3) is 0.355. The Morgan fingerprint density at radius 1 is 1.00 bits per heavy atom. The molecule has 4 aromatic rings. The number of halogens is 1. The first-order chi connectivity index (χ1) is 19.8. The van der Waals surface area contributed by atoms with Gasteiger partial charge in [0.25, 0.3) is 15.9 Å². The van der Waals surface area contributed by atoms with Crippen molar-refractivity contribution in [3.63, 3.8) is 0 Å². The maximum atomic E-state index is 13.9. The minimum absolute atomic E-state index is 0. The summed E-state index contributed by atoms with van der Waals surface area (Å²) < 4.78 is 35.3. The number of benzene rings is 3. The lowest BCUT2D eigenvalue weighted by Crippen LogP contribution is -2.39. The van der Waals surface area contributed by atoms with Gasteiger partial charge in [0.15, 0.2) is 5.13 Å². The second kappa shape index (κ2) is 13.9. The lowest BCUT2D eigenvalue weighted by Gasteiger charge is -2.30. The van der Waals surface area contributed by atoms with E-state index in [1.165, 1.54) is 27.8 Å². The summed E-state index contributed by atoms with van der Waals surface area (Å²) in [6.45, 7) is 10.1. The molecule has 0 unspecified atom stereocenters. The van der Waals surface area contributed by atoms with Crippen LogP contribution < -0.4 is 13.9 Å². The lowest BCUT2D eigenvalue weighted by atomic mass is 10.0. The number of anilines is 2. The van der Waals surface area contributed by atoms with Crippen LogP contribution in [0.1, 0.15) is 43.1 Å². The number of carbonyl (C=O) groups excluding carboxylic acids is 1. The molecule has 0 saturated heterocycles. The zero-order valence-electron chi connectivity index (χ0n) is 24.2. The van der Waals surface area contributed by atoms with Crippen molar-refractivity contribution in [1.29, 1.82) is 0 Å². The number of hydrogen-bond donors (Lipinski definition) is 0. The van der Waals surface area contributed by atoms with E-state index in [1.54, 1.807) is 17.0 Å². The molecule has 0 aliphatic carbocycles. The molecule has 42 heavy (non-hydrogen) atoms. The van der Waals surface area contributed by atoms with Crippen LogP contribution in [0.15, 0.2) is 71.6 Å². The van der Waals surface area contributed by atoms with Gasteiger partial charge in [-0.1, -0.05) is 43.4 Å². The second-order valence-corrected chi connectivity index (χ2v) is 12.7. The molecule has 0 spiro atoms. The average molecular weight is 629 g/mol. The Bertz CT molecular complexity index is 1620. The molecule has 1 aromatic heterocycles. The van der Waals surface area contributed by atoms with Crippen molar-refractivity contribution < 1.29 is 17.9 Å². The van der Waals surface area contributed by atoms with Gasteiger partial charge in [0.05, 0.1) is 27.4 Å². The summed E-state index contributed by atoms with van der Waals surface area (Å²) in [5.74, 6) is 0.554. The number of nitrogens with zero attached hydrogens (tertiary/aromatic N) is 4. The van der Waals surface area contributed by atoms with Gasteiger partial charge in [0, 0.05) is 25.2 Å². The van der Waals surface area contributed by atoms with Gasteiger partial charge in [0.1, 0.15) is 5.75 Å². The molecule has 3 aromatic carbocycles. The zero-order chi connectivity index (χ0) is 29.0. The number of aryl methyl sites for hydroxylation is 1. The number of fused-ring (bicyclic) bond motifs is 2. The second-order valence-electron chi connectivity index (χ2n) is 9.88. The van der Waals surface area contributed by atoms with Gasteiger partial charge in [-0.25, -0.2) is 13.4 Å². The van der Waals surface area contributed by atoms with E-state index in [9.17, 15) is 13.2 Å². The first-order valence-electron chi connectivity index (χ1n) is 14.1. The summed E-state index contributed by atoms with van der Waals surface area (Å²) in [6.07, 6.45) is 1.63. The Balaban J connectivity index is 0.00000405. The van der Waals surface area contributed by atoms with Crippen LogP contribution in [0.3, 0.4) is 0 Å². The number of amides is 1. The third-order valence-electron chi connectivity index (χ3n) is 7.43. The van der Waals surface area contributed by atoms with Crippen LogP contribution in [0, 0.1) is 0 Å². The molecule has 5 rings (SSSR count). The predicted octanol–water partition coefficient (Wildman–Crippen LogP) is 6.25. The predicted molar refractivity (Wildman–Crippen MR) is 173 cm³/mol. The standard InChI is InChI=1S/C31H36N4O4S2.ClH/c1-4-33(5-2)20-21-34(31-32-27-18-15-25(39-6-3)22-29(27)40-31)30(36)24-13-16-26(17-14-24)41(37,38)35-19-9-11-23-10-7-8-12-28(23)35;/h7-8,10,12-18,22H,4-6,9,11,19-21H2,1-3H3;1H. The van der Waals surface area contributed by atoms with E-state index in [2.05, 4.69) is 18.7 Å². The van der Waals surface area contributed by atoms with Crippen LogP contribution >= 0.6 is 23.7 Å². The molecule has 1 amide bonds. The smallest absolute Gasteiger partial charge is 0.264 e. The molecule has 2 heterocycles. The highest BCUT2D eigenvalue weighted by molar-refractivity contribution is 7.92. The Hall–Kier alpha value is -3.18. The summed E-state index contributed by atoms with van der Waals surface area (Å²) in [5, 5.41) is 0.604. The minimum Gasteiger partial charge on any atom is -0.494 e. The summed E-state index contributed by atoms with van der Waals surface area (Å²) in [4.78, 5) is 22.8. The number of para-hydroxylation sites is 1. The van der Waals surface area contributed by atoms with Crippen LogP contribution in [0.25, 0.3) is 10.2 Å². The van der Waals surface area contributed by atoms with Crippen LogP contribution in [0.2, 0.25) is 0 Å². The van der Waals surface area contributed by atoms with Crippen LogP contribution in [-0.2, 0) is 16.4 Å². The van der Waals surface area contributed by atoms with Gasteiger partial charge >= 0.3 is 0 Å². The van der Waals surface area contributed by atoms with E-state index < -0.39 is 10.0 Å². The third-order valence-corrected chi connectivity index (χ3v) is 10.3. The summed E-state index contributed by atoms with van der Waals surface area (Å²) in [5.41, 5.74) is 2.97. The molecular formula is C31H37ClN4O4S2. The maximum Gasteiger partial charge on any atom is 0.264 e. The molecule has 1 aliphatic rings. The van der Waals surface area contributed by atoms with E-state index in [0.29, 0.717) is 36.9 Å². The van der Waals surface area contributed by atoms with Crippen molar-refractivity contribution in [3.05, 3.63) is 77.9 Å². The molecule has 0 radical (unpaired) electrons. The minimum atomic E-state index is -3.77. The van der Waals surface area contributed by atoms with Crippen molar-refractivity contribution in [2.75, 3.05) is 48.5 Å². The highest BCUT2D eigenvalue weighted by atomic mass is 35.5. The van der Waals surface area contributed by atoms with E-state index in [4.69, 9.17) is 9.72 Å². The molecule has 0 atom stereocenters. The average Bonchev–Trinajstić information content (AvgIpc) is 3.42. The van der Waals surface area contributed by atoms with Gasteiger partial charge in [-0.2, -0.15) is 0 Å². The first kappa shape index (κ1) is 31.7. The van der Waals surface area contributed by atoms with Gasteiger partial charge in [-0.05, 0) is 86.9 Å². The Morgan fingerprint density at radius 2 is 1.74 bits per heavy atom. The fourth-order valence-electron chi connectivity index (χ4n) is 5.13. The van der Waals surface area contributed by atoms with Crippen molar-refractivity contribution >= 4 is 60.7 Å². The van der Waals surface area contributed by atoms with Crippen molar-refractivity contribution in [2.24, 2.45) is 0 Å². The van der Waals surface area contributed by atoms with Crippen molar-refractivity contribution in [3.8, 4) is 5.75 Å². The van der Waals surface area contributed by atoms with E-state index in [-0.39, 0.29) is 23.2 Å². The number of thiazole rings is 1.